The highest BCUT2D eigenvalue weighted by molar-refractivity contribution is 6.29. The highest BCUT2D eigenvalue weighted by Crippen LogP contribution is 2.32. The van der Waals surface area contributed by atoms with Gasteiger partial charge in [0.05, 0.1) is 12.4 Å². The molecule has 2 rings (SSSR count). The predicted octanol–water partition coefficient (Wildman–Crippen LogP) is 1.89. The molecule has 7 heteroatoms. The van der Waals surface area contributed by atoms with Crippen molar-refractivity contribution >= 4 is 23.5 Å². The Bertz CT molecular complexity index is 510. The van der Waals surface area contributed by atoms with Crippen LogP contribution in [0.1, 0.15) is 43.1 Å². The van der Waals surface area contributed by atoms with Gasteiger partial charge in [-0.05, 0) is 31.6 Å². The zero-order valence-corrected chi connectivity index (χ0v) is 11.9. The Morgan fingerprint density at radius 2 is 2.00 bits per heavy atom. The van der Waals surface area contributed by atoms with Crippen molar-refractivity contribution in [3.63, 3.8) is 0 Å². The van der Waals surface area contributed by atoms with Crippen molar-refractivity contribution in [3.8, 4) is 0 Å². The monoisotopic (exact) mass is 297 g/mol. The van der Waals surface area contributed by atoms with Gasteiger partial charge in [-0.1, -0.05) is 18.5 Å². The summed E-state index contributed by atoms with van der Waals surface area (Å²) in [5.41, 5.74) is -1.14. The molecule has 1 aromatic heterocycles. The van der Waals surface area contributed by atoms with Gasteiger partial charge in [0, 0.05) is 0 Å². The Labute approximate surface area is 121 Å². The minimum atomic E-state index is -1.20. The van der Waals surface area contributed by atoms with E-state index in [4.69, 9.17) is 11.6 Å². The van der Waals surface area contributed by atoms with E-state index in [0.717, 1.165) is 12.8 Å². The Hall–Kier alpha value is -1.69. The van der Waals surface area contributed by atoms with Crippen molar-refractivity contribution in [1.82, 2.24) is 15.3 Å². The summed E-state index contributed by atoms with van der Waals surface area (Å²) >= 11 is 5.60. The van der Waals surface area contributed by atoms with Gasteiger partial charge in [-0.25, -0.2) is 14.8 Å². The summed E-state index contributed by atoms with van der Waals surface area (Å²) in [4.78, 5) is 31.2. The summed E-state index contributed by atoms with van der Waals surface area (Å²) in [5.74, 6) is -1.06. The Morgan fingerprint density at radius 1 is 1.35 bits per heavy atom. The summed E-state index contributed by atoms with van der Waals surface area (Å²) < 4.78 is 0. The minimum Gasteiger partial charge on any atom is -0.480 e. The molecular weight excluding hydrogens is 282 g/mol. The number of hydrogen-bond acceptors (Lipinski definition) is 4. The number of carbonyl (C=O) groups is 2. The summed E-state index contributed by atoms with van der Waals surface area (Å²) in [7, 11) is 0. The van der Waals surface area contributed by atoms with Crippen LogP contribution < -0.4 is 5.32 Å². The molecule has 0 saturated heterocycles. The van der Waals surface area contributed by atoms with E-state index >= 15 is 0 Å². The van der Waals surface area contributed by atoms with Crippen LogP contribution in [0.5, 0.6) is 0 Å². The molecule has 0 atom stereocenters. The van der Waals surface area contributed by atoms with Crippen LogP contribution in [0, 0.1) is 5.92 Å². The number of aromatic nitrogens is 2. The number of rotatable bonds is 3. The first-order valence-corrected chi connectivity index (χ1v) is 6.84. The highest BCUT2D eigenvalue weighted by atomic mass is 35.5. The Balaban J connectivity index is 2.14. The van der Waals surface area contributed by atoms with Crippen LogP contribution in [0.2, 0.25) is 5.15 Å². The fraction of sp³-hybridized carbons (Fsp3) is 0.538. The van der Waals surface area contributed by atoms with Gasteiger partial charge < -0.3 is 10.4 Å². The largest absolute Gasteiger partial charge is 0.480 e. The third-order valence-electron chi connectivity index (χ3n) is 3.74. The van der Waals surface area contributed by atoms with Crippen molar-refractivity contribution in [2.24, 2.45) is 5.92 Å². The van der Waals surface area contributed by atoms with Crippen molar-refractivity contribution in [2.75, 3.05) is 0 Å². The number of halogens is 1. The van der Waals surface area contributed by atoms with Crippen molar-refractivity contribution in [2.45, 2.75) is 38.1 Å². The van der Waals surface area contributed by atoms with E-state index in [1.807, 2.05) is 0 Å². The van der Waals surface area contributed by atoms with Crippen LogP contribution in [0.15, 0.2) is 12.4 Å². The first kappa shape index (κ1) is 14.7. The zero-order valence-electron chi connectivity index (χ0n) is 11.1. The molecule has 0 unspecified atom stereocenters. The van der Waals surface area contributed by atoms with Crippen LogP contribution in [0.4, 0.5) is 0 Å². The molecular formula is C13H16ClN3O3. The second kappa shape index (κ2) is 5.75. The van der Waals surface area contributed by atoms with E-state index in [9.17, 15) is 14.7 Å². The first-order valence-electron chi connectivity index (χ1n) is 6.46. The number of hydrogen-bond donors (Lipinski definition) is 2. The molecule has 0 bridgehead atoms. The SMILES string of the molecule is CC1CCC(NC(=O)c2cnc(Cl)cn2)(C(=O)O)CC1. The lowest BCUT2D eigenvalue weighted by Gasteiger charge is -2.36. The molecule has 6 nitrogen and oxygen atoms in total. The number of carboxylic acid groups (broad SMARTS) is 1. The fourth-order valence-electron chi connectivity index (χ4n) is 2.36. The summed E-state index contributed by atoms with van der Waals surface area (Å²) in [6.45, 7) is 2.08. The standard InChI is InChI=1S/C13H16ClN3O3/c1-8-2-4-13(5-3-8,12(19)20)17-11(18)9-6-16-10(14)7-15-9/h6-8H,2-5H2,1H3,(H,17,18)(H,19,20). The number of amides is 1. The minimum absolute atomic E-state index is 0.0636. The van der Waals surface area contributed by atoms with Crippen LogP contribution in [0.3, 0.4) is 0 Å². The number of nitrogens with zero attached hydrogens (tertiary/aromatic N) is 2. The van der Waals surface area contributed by atoms with Crippen molar-refractivity contribution in [3.05, 3.63) is 23.2 Å². The molecule has 1 saturated carbocycles. The van der Waals surface area contributed by atoms with Gasteiger partial charge in [0.1, 0.15) is 16.4 Å². The molecule has 1 aliphatic rings. The van der Waals surface area contributed by atoms with Gasteiger partial charge in [-0.15, -0.1) is 0 Å². The number of carbonyl (C=O) groups excluding carboxylic acids is 1. The molecule has 0 aliphatic heterocycles. The molecule has 1 aromatic rings. The van der Waals surface area contributed by atoms with Crippen LogP contribution in [-0.2, 0) is 4.79 Å². The number of carboxylic acids is 1. The maximum absolute atomic E-state index is 12.1. The Morgan fingerprint density at radius 3 is 2.50 bits per heavy atom. The Kier molecular flexibility index (Phi) is 4.23. The van der Waals surface area contributed by atoms with Crippen molar-refractivity contribution in [1.29, 1.82) is 0 Å². The number of nitrogens with one attached hydrogen (secondary N) is 1. The lowest BCUT2D eigenvalue weighted by atomic mass is 9.77. The average molecular weight is 298 g/mol. The van der Waals surface area contributed by atoms with Crippen LogP contribution in [0.25, 0.3) is 0 Å². The average Bonchev–Trinajstić information content (AvgIpc) is 2.42. The summed E-state index contributed by atoms with van der Waals surface area (Å²) in [6.07, 6.45) is 4.90. The van der Waals surface area contributed by atoms with Crippen molar-refractivity contribution < 1.29 is 14.7 Å². The molecule has 0 radical (unpaired) electrons. The van der Waals surface area contributed by atoms with Gasteiger partial charge in [0.25, 0.3) is 5.91 Å². The third-order valence-corrected chi connectivity index (χ3v) is 3.94. The number of aliphatic carboxylic acids is 1. The summed E-state index contributed by atoms with van der Waals surface area (Å²) in [6, 6.07) is 0. The second-order valence-electron chi connectivity index (χ2n) is 5.25. The molecule has 2 N–H and O–H groups in total. The van der Waals surface area contributed by atoms with Gasteiger partial charge in [-0.2, -0.15) is 0 Å². The van der Waals surface area contributed by atoms with E-state index < -0.39 is 17.4 Å². The van der Waals surface area contributed by atoms with E-state index in [2.05, 4.69) is 22.2 Å². The molecule has 1 amide bonds. The first-order chi connectivity index (χ1) is 9.43. The maximum Gasteiger partial charge on any atom is 0.329 e. The molecule has 1 aliphatic carbocycles. The smallest absolute Gasteiger partial charge is 0.329 e. The summed E-state index contributed by atoms with van der Waals surface area (Å²) in [5, 5.41) is 12.2. The topological polar surface area (TPSA) is 92.2 Å². The van der Waals surface area contributed by atoms with Gasteiger partial charge >= 0.3 is 5.97 Å². The lowest BCUT2D eigenvalue weighted by molar-refractivity contribution is -0.146. The van der Waals surface area contributed by atoms with E-state index in [1.165, 1.54) is 12.4 Å². The van der Waals surface area contributed by atoms with Gasteiger partial charge in [-0.3, -0.25) is 4.79 Å². The third kappa shape index (κ3) is 3.07. The molecule has 0 spiro atoms. The second-order valence-corrected chi connectivity index (χ2v) is 5.64. The molecule has 0 aromatic carbocycles. The maximum atomic E-state index is 12.1. The predicted molar refractivity (Wildman–Crippen MR) is 72.5 cm³/mol. The molecule has 20 heavy (non-hydrogen) atoms. The van der Waals surface area contributed by atoms with Gasteiger partial charge in [0.15, 0.2) is 0 Å². The van der Waals surface area contributed by atoms with E-state index in [1.54, 1.807) is 0 Å². The molecule has 1 fully saturated rings. The zero-order chi connectivity index (χ0) is 14.8. The van der Waals surface area contributed by atoms with Crippen LogP contribution in [-0.4, -0.2) is 32.5 Å². The van der Waals surface area contributed by atoms with Crippen LogP contribution >= 0.6 is 11.6 Å². The quantitative estimate of drug-likeness (QED) is 0.889. The molecule has 1 heterocycles. The molecule has 108 valence electrons. The highest BCUT2D eigenvalue weighted by Gasteiger charge is 2.42. The normalized spacial score (nSPS) is 26.0. The van der Waals surface area contributed by atoms with Gasteiger partial charge in [0.2, 0.25) is 0 Å². The van der Waals surface area contributed by atoms with E-state index in [0.29, 0.717) is 18.8 Å². The fourth-order valence-corrected chi connectivity index (χ4v) is 2.46. The lowest BCUT2D eigenvalue weighted by Crippen LogP contribution is -2.56. The van der Waals surface area contributed by atoms with E-state index in [-0.39, 0.29) is 10.8 Å².